The second-order valence-corrected chi connectivity index (χ2v) is 17.5. The van der Waals surface area contributed by atoms with Gasteiger partial charge in [0.2, 0.25) is 5.78 Å². The van der Waals surface area contributed by atoms with Gasteiger partial charge in [-0.25, -0.2) is 0 Å². The quantitative estimate of drug-likeness (QED) is 0.0407. The second kappa shape index (κ2) is 40.0. The molecule has 9 nitrogen and oxygen atoms in total. The summed E-state index contributed by atoms with van der Waals surface area (Å²) in [7, 11) is 1.73. The third-order valence-corrected chi connectivity index (χ3v) is 12.0. The molecule has 0 bridgehead atoms. The number of ketones is 1. The molecule has 3 N–H and O–H groups in total. The summed E-state index contributed by atoms with van der Waals surface area (Å²) in [6, 6.07) is 0. The van der Waals surface area contributed by atoms with Crippen molar-refractivity contribution in [2.24, 2.45) is 0 Å². The van der Waals surface area contributed by atoms with Crippen LogP contribution >= 0.6 is 0 Å². The predicted octanol–water partition coefficient (Wildman–Crippen LogP) is 12.0. The van der Waals surface area contributed by atoms with E-state index in [1.807, 2.05) is 0 Å². The van der Waals surface area contributed by atoms with Gasteiger partial charge in [0.1, 0.15) is 11.8 Å². The molecule has 0 aromatic rings. The van der Waals surface area contributed by atoms with Gasteiger partial charge in [0.25, 0.3) is 0 Å². The fourth-order valence-electron chi connectivity index (χ4n) is 8.15. The lowest BCUT2D eigenvalue weighted by atomic mass is 9.95. The van der Waals surface area contributed by atoms with E-state index in [4.69, 9.17) is 9.47 Å². The molecule has 1 unspecified atom stereocenters. The van der Waals surface area contributed by atoms with E-state index < -0.39 is 6.10 Å². The fourth-order valence-corrected chi connectivity index (χ4v) is 8.15. The molecular formula is C50H95N3O6. The van der Waals surface area contributed by atoms with Gasteiger partial charge < -0.3 is 30.1 Å². The highest BCUT2D eigenvalue weighted by atomic mass is 16.5. The number of unbranched alkanes of at least 4 members (excludes halogenated alkanes) is 24. The Bertz CT molecular complexity index is 1040. The molecule has 9 heteroatoms. The van der Waals surface area contributed by atoms with Gasteiger partial charge in [-0.05, 0) is 83.8 Å². The van der Waals surface area contributed by atoms with Crippen molar-refractivity contribution >= 4 is 17.7 Å². The third-order valence-electron chi connectivity index (χ3n) is 12.0. The summed E-state index contributed by atoms with van der Waals surface area (Å²) in [4.78, 5) is 39.7. The molecule has 1 atom stereocenters. The zero-order valence-corrected chi connectivity index (χ0v) is 39.2. The Morgan fingerprint density at radius 1 is 0.576 bits per heavy atom. The maximum Gasteiger partial charge on any atom is 0.306 e. The van der Waals surface area contributed by atoms with Crippen molar-refractivity contribution in [1.82, 2.24) is 15.5 Å². The number of carbonyl (C=O) groups excluding carboxylic acids is 3. The molecule has 0 amide bonds. The van der Waals surface area contributed by atoms with E-state index >= 15 is 0 Å². The maximum absolute atomic E-state index is 12.8. The van der Waals surface area contributed by atoms with Crippen LogP contribution in [0.25, 0.3) is 0 Å². The van der Waals surface area contributed by atoms with Crippen LogP contribution in [0.1, 0.15) is 239 Å². The highest BCUT2D eigenvalue weighted by Gasteiger charge is 2.37. The number of aliphatic hydroxyl groups is 1. The van der Waals surface area contributed by atoms with Crippen molar-refractivity contribution in [3.63, 3.8) is 0 Å². The SMILES string of the molecule is CCCCCCCCCCCOC(=O)CCCCCN(CCCCCCCC(=O)OC(CCCCCCCC)CCCCCCCC)CCCNC1=C(NC)C(O)C1=O. The van der Waals surface area contributed by atoms with Gasteiger partial charge in [0.05, 0.1) is 12.3 Å². The average molecular weight is 834 g/mol. The van der Waals surface area contributed by atoms with Gasteiger partial charge in [0, 0.05) is 26.4 Å². The van der Waals surface area contributed by atoms with Gasteiger partial charge >= 0.3 is 11.9 Å². The molecule has 0 aromatic heterocycles. The van der Waals surface area contributed by atoms with Crippen LogP contribution < -0.4 is 10.6 Å². The number of Topliss-reactive ketones (excluding diaryl/α,β-unsaturated/α-hetero) is 1. The summed E-state index contributed by atoms with van der Waals surface area (Å²) in [6.07, 6.45) is 37.8. The first-order valence-electron chi connectivity index (χ1n) is 25.3. The molecule has 1 aliphatic carbocycles. The van der Waals surface area contributed by atoms with E-state index in [0.717, 1.165) is 116 Å². The molecule has 346 valence electrons. The summed E-state index contributed by atoms with van der Waals surface area (Å²) in [5.41, 5.74) is 1.08. The Morgan fingerprint density at radius 2 is 1.00 bits per heavy atom. The van der Waals surface area contributed by atoms with E-state index in [-0.39, 0.29) is 23.8 Å². The van der Waals surface area contributed by atoms with E-state index in [1.54, 1.807) is 7.05 Å². The first-order chi connectivity index (χ1) is 28.9. The molecule has 1 rings (SSSR count). The maximum atomic E-state index is 12.8. The lowest BCUT2D eigenvalue weighted by Gasteiger charge is -2.29. The topological polar surface area (TPSA) is 117 Å². The van der Waals surface area contributed by atoms with Crippen LogP contribution in [0.5, 0.6) is 0 Å². The summed E-state index contributed by atoms with van der Waals surface area (Å²) < 4.78 is 11.6. The Hall–Kier alpha value is -2.13. The molecule has 0 aromatic carbocycles. The number of ether oxygens (including phenoxy) is 2. The number of rotatable bonds is 45. The third kappa shape index (κ3) is 30.5. The molecule has 0 fully saturated rings. The predicted molar refractivity (Wildman–Crippen MR) is 246 cm³/mol. The first kappa shape index (κ1) is 54.9. The van der Waals surface area contributed by atoms with Crippen LogP contribution in [0, 0.1) is 0 Å². The number of hydrogen-bond acceptors (Lipinski definition) is 9. The smallest absolute Gasteiger partial charge is 0.306 e. The highest BCUT2D eigenvalue weighted by molar-refractivity contribution is 6.07. The van der Waals surface area contributed by atoms with Crippen LogP contribution in [-0.2, 0) is 23.9 Å². The number of nitrogens with one attached hydrogen (secondary N) is 2. The minimum absolute atomic E-state index is 0.00507. The molecule has 0 saturated carbocycles. The van der Waals surface area contributed by atoms with Gasteiger partial charge in [-0.2, -0.15) is 0 Å². The molecule has 1 aliphatic rings. The number of likely N-dealkylation sites (N-methyl/N-ethyl adjacent to an activating group) is 1. The first-order valence-corrected chi connectivity index (χ1v) is 25.3. The standard InChI is InChI=1S/C50H95N3O6/c1-5-8-11-14-17-18-19-25-33-43-58-45(54)37-30-26-32-41-53(42-34-39-52-48-47(51-4)49(56)50(48)57)40-31-24-20-23-29-38-46(55)59-44(35-27-21-15-12-9-6-2)36-28-22-16-13-10-7-3/h44,49,51-52,56H,5-43H2,1-4H3. The zero-order valence-electron chi connectivity index (χ0n) is 39.2. The summed E-state index contributed by atoms with van der Waals surface area (Å²) in [5.74, 6) is -0.311. The Kier molecular flexibility index (Phi) is 37.2. The minimum Gasteiger partial charge on any atom is -0.466 e. The van der Waals surface area contributed by atoms with E-state index in [9.17, 15) is 19.5 Å². The van der Waals surface area contributed by atoms with Crippen LogP contribution in [0.4, 0.5) is 0 Å². The van der Waals surface area contributed by atoms with E-state index in [0.29, 0.717) is 37.4 Å². The summed E-state index contributed by atoms with van der Waals surface area (Å²) >= 11 is 0. The van der Waals surface area contributed by atoms with Crippen molar-refractivity contribution in [3.05, 3.63) is 11.4 Å². The van der Waals surface area contributed by atoms with Crippen molar-refractivity contribution in [2.45, 2.75) is 251 Å². The average Bonchev–Trinajstić information content (AvgIpc) is 3.23. The van der Waals surface area contributed by atoms with Crippen molar-refractivity contribution in [2.75, 3.05) is 39.8 Å². The number of nitrogens with zero attached hydrogens (tertiary/aromatic N) is 1. The van der Waals surface area contributed by atoms with Crippen LogP contribution in [0.15, 0.2) is 11.4 Å². The zero-order chi connectivity index (χ0) is 43.0. The van der Waals surface area contributed by atoms with Gasteiger partial charge in [-0.1, -0.05) is 162 Å². The molecule has 0 heterocycles. The minimum atomic E-state index is -1.03. The number of carbonyl (C=O) groups is 3. The van der Waals surface area contributed by atoms with Crippen LogP contribution in [-0.4, -0.2) is 79.8 Å². The van der Waals surface area contributed by atoms with Gasteiger partial charge in [0.15, 0.2) is 6.10 Å². The summed E-state index contributed by atoms with van der Waals surface area (Å²) in [6.45, 7) is 10.9. The molecule has 59 heavy (non-hydrogen) atoms. The van der Waals surface area contributed by atoms with Crippen molar-refractivity contribution in [3.8, 4) is 0 Å². The Labute approximate surface area is 363 Å². The Morgan fingerprint density at radius 3 is 1.53 bits per heavy atom. The normalized spacial score (nSPS) is 14.0. The van der Waals surface area contributed by atoms with E-state index in [2.05, 4.69) is 36.3 Å². The van der Waals surface area contributed by atoms with Gasteiger partial charge in [-0.3, -0.25) is 14.4 Å². The molecule has 0 spiro atoms. The largest absolute Gasteiger partial charge is 0.466 e. The van der Waals surface area contributed by atoms with Crippen LogP contribution in [0.3, 0.4) is 0 Å². The summed E-state index contributed by atoms with van der Waals surface area (Å²) in [5, 5.41) is 16.0. The number of aliphatic hydroxyl groups excluding tert-OH is 1. The number of esters is 2. The van der Waals surface area contributed by atoms with Crippen LogP contribution in [0.2, 0.25) is 0 Å². The fraction of sp³-hybridized carbons (Fsp3) is 0.900. The highest BCUT2D eigenvalue weighted by Crippen LogP contribution is 2.21. The monoisotopic (exact) mass is 834 g/mol. The molecule has 0 radical (unpaired) electrons. The number of hydrogen-bond donors (Lipinski definition) is 3. The lowest BCUT2D eigenvalue weighted by Crippen LogP contribution is -2.47. The van der Waals surface area contributed by atoms with Crippen molar-refractivity contribution in [1.29, 1.82) is 0 Å². The molecular weight excluding hydrogens is 739 g/mol. The Balaban J connectivity index is 2.36. The van der Waals surface area contributed by atoms with Crippen molar-refractivity contribution < 1.29 is 29.0 Å². The van der Waals surface area contributed by atoms with E-state index in [1.165, 1.54) is 109 Å². The second-order valence-electron chi connectivity index (χ2n) is 17.5. The lowest BCUT2D eigenvalue weighted by molar-refractivity contribution is -0.150. The van der Waals surface area contributed by atoms with Gasteiger partial charge in [-0.15, -0.1) is 0 Å². The molecule has 0 saturated heterocycles. The molecule has 0 aliphatic heterocycles.